The number of carbonyl (C=O) groups is 1. The molecule has 11 heteroatoms. The predicted molar refractivity (Wildman–Crippen MR) is 130 cm³/mol. The van der Waals surface area contributed by atoms with E-state index in [4.69, 9.17) is 34.8 Å². The molecule has 0 saturated heterocycles. The molecule has 0 saturated carbocycles. The van der Waals surface area contributed by atoms with Crippen molar-refractivity contribution in [3.8, 4) is 11.3 Å². The first-order valence-corrected chi connectivity index (χ1v) is 11.7. The second-order valence-corrected chi connectivity index (χ2v) is 9.04. The molecule has 0 atom stereocenters. The fourth-order valence-corrected chi connectivity index (χ4v) is 4.32. The maximum atomic E-state index is 14.0. The van der Waals surface area contributed by atoms with Crippen LogP contribution < -0.4 is 5.32 Å². The van der Waals surface area contributed by atoms with Crippen LogP contribution in [0.25, 0.3) is 11.3 Å². The minimum atomic E-state index is -0.415. The van der Waals surface area contributed by atoms with Crippen LogP contribution in [0, 0.1) is 5.82 Å². The zero-order valence-corrected chi connectivity index (χ0v) is 19.9. The van der Waals surface area contributed by atoms with Crippen LogP contribution in [0.2, 0.25) is 15.1 Å². The minimum absolute atomic E-state index is 0.0752. The number of anilines is 1. The Hall–Kier alpha value is -2.65. The molecule has 2 aromatic heterocycles. The van der Waals surface area contributed by atoms with Crippen LogP contribution in [-0.2, 0) is 11.3 Å². The number of thioether (sulfide) groups is 1. The molecule has 0 aliphatic rings. The van der Waals surface area contributed by atoms with Crippen LogP contribution >= 0.6 is 46.6 Å². The van der Waals surface area contributed by atoms with E-state index in [0.29, 0.717) is 37.3 Å². The van der Waals surface area contributed by atoms with Gasteiger partial charge in [0.2, 0.25) is 5.91 Å². The van der Waals surface area contributed by atoms with E-state index in [2.05, 4.69) is 20.4 Å². The third-order valence-corrected chi connectivity index (χ3v) is 6.07. The Bertz CT molecular complexity index is 1280. The van der Waals surface area contributed by atoms with E-state index in [1.165, 1.54) is 28.6 Å². The predicted octanol–water partition coefficient (Wildman–Crippen LogP) is 6.22. The van der Waals surface area contributed by atoms with E-state index >= 15 is 0 Å². The van der Waals surface area contributed by atoms with Crippen LogP contribution in [0.3, 0.4) is 0 Å². The largest absolute Gasteiger partial charge is 0.308 e. The molecule has 0 fully saturated rings. The fourth-order valence-electron chi connectivity index (χ4n) is 2.94. The number of benzene rings is 2. The summed E-state index contributed by atoms with van der Waals surface area (Å²) in [6.07, 6.45) is 3.24. The minimum Gasteiger partial charge on any atom is -0.308 e. The molecule has 6 nitrogen and oxygen atoms in total. The first-order valence-electron chi connectivity index (χ1n) is 9.56. The Morgan fingerprint density at radius 1 is 1.09 bits per heavy atom. The van der Waals surface area contributed by atoms with Crippen LogP contribution in [0.5, 0.6) is 0 Å². The molecule has 0 unspecified atom stereocenters. The van der Waals surface area contributed by atoms with Crippen LogP contribution in [0.15, 0.2) is 66.1 Å². The Morgan fingerprint density at radius 2 is 1.88 bits per heavy atom. The highest BCUT2D eigenvalue weighted by Gasteiger charge is 2.12. The summed E-state index contributed by atoms with van der Waals surface area (Å²) in [6.45, 7) is 0.143. The Kier molecular flexibility index (Phi) is 7.49. The number of hydrogen-bond donors (Lipinski definition) is 1. The Balaban J connectivity index is 1.36. The molecule has 2 aromatic carbocycles. The smallest absolute Gasteiger partial charge is 0.236 e. The van der Waals surface area contributed by atoms with Gasteiger partial charge in [-0.3, -0.25) is 9.48 Å². The number of carbonyl (C=O) groups excluding carboxylic acids is 1. The zero-order chi connectivity index (χ0) is 23.4. The molecule has 0 aliphatic carbocycles. The SMILES string of the molecule is O=C(CSc1nccc(-c2cc(Cl)cc(Cl)c2)n1)Nc1ccn(Cc2c(F)cccc2Cl)n1. The van der Waals surface area contributed by atoms with E-state index in [1.807, 2.05) is 0 Å². The van der Waals surface area contributed by atoms with Gasteiger partial charge in [0.05, 0.1) is 18.0 Å². The molecule has 33 heavy (non-hydrogen) atoms. The molecule has 1 N–H and O–H groups in total. The van der Waals surface area contributed by atoms with Gasteiger partial charge in [0.25, 0.3) is 0 Å². The average Bonchev–Trinajstić information content (AvgIpc) is 3.21. The number of nitrogens with zero attached hydrogens (tertiary/aromatic N) is 4. The van der Waals surface area contributed by atoms with Crippen molar-refractivity contribution in [3.63, 3.8) is 0 Å². The van der Waals surface area contributed by atoms with Crippen molar-refractivity contribution in [3.05, 3.63) is 87.4 Å². The quantitative estimate of drug-likeness (QED) is 0.230. The van der Waals surface area contributed by atoms with Crippen molar-refractivity contribution in [2.24, 2.45) is 0 Å². The van der Waals surface area contributed by atoms with Gasteiger partial charge in [0.1, 0.15) is 5.82 Å². The topological polar surface area (TPSA) is 72.7 Å². The lowest BCUT2D eigenvalue weighted by Gasteiger charge is -2.06. The normalized spacial score (nSPS) is 10.9. The lowest BCUT2D eigenvalue weighted by atomic mass is 10.1. The van der Waals surface area contributed by atoms with Crippen molar-refractivity contribution in [1.29, 1.82) is 0 Å². The maximum absolute atomic E-state index is 14.0. The van der Waals surface area contributed by atoms with E-state index < -0.39 is 5.82 Å². The molecule has 168 valence electrons. The van der Waals surface area contributed by atoms with Crippen molar-refractivity contribution >= 4 is 58.3 Å². The second-order valence-electron chi connectivity index (χ2n) is 6.82. The van der Waals surface area contributed by atoms with E-state index in [0.717, 1.165) is 5.56 Å². The van der Waals surface area contributed by atoms with E-state index in [9.17, 15) is 9.18 Å². The summed E-state index contributed by atoms with van der Waals surface area (Å²) in [5.74, 6) is -0.279. The Morgan fingerprint density at radius 3 is 2.64 bits per heavy atom. The first-order chi connectivity index (χ1) is 15.9. The van der Waals surface area contributed by atoms with Crippen molar-refractivity contribution in [1.82, 2.24) is 19.7 Å². The van der Waals surface area contributed by atoms with Gasteiger partial charge < -0.3 is 5.32 Å². The van der Waals surface area contributed by atoms with Gasteiger partial charge in [0, 0.05) is 44.7 Å². The summed E-state index contributed by atoms with van der Waals surface area (Å²) in [4.78, 5) is 21.0. The van der Waals surface area contributed by atoms with Gasteiger partial charge in [-0.2, -0.15) is 5.10 Å². The monoisotopic (exact) mass is 521 g/mol. The average molecular weight is 523 g/mol. The molecule has 0 spiro atoms. The highest BCUT2D eigenvalue weighted by Crippen LogP contribution is 2.27. The second kappa shape index (κ2) is 10.5. The molecule has 4 aromatic rings. The number of nitrogens with one attached hydrogen (secondary N) is 1. The number of halogens is 4. The molecule has 0 aliphatic heterocycles. The molecular formula is C22H15Cl3FN5OS. The standard InChI is InChI=1S/C22H15Cl3FN5OS/c23-14-8-13(9-15(24)10-14)19-4-6-27-22(28-19)33-12-21(32)29-20-5-7-31(30-20)11-16-17(25)2-1-3-18(16)26/h1-10H,11-12H2,(H,29,30,32). The van der Waals surface area contributed by atoms with Gasteiger partial charge in [-0.15, -0.1) is 0 Å². The maximum Gasteiger partial charge on any atom is 0.236 e. The van der Waals surface area contributed by atoms with Crippen LogP contribution in [-0.4, -0.2) is 31.4 Å². The highest BCUT2D eigenvalue weighted by atomic mass is 35.5. The summed E-state index contributed by atoms with van der Waals surface area (Å²) < 4.78 is 15.5. The number of amides is 1. The van der Waals surface area contributed by atoms with Gasteiger partial charge in [-0.05, 0) is 36.4 Å². The fraction of sp³-hybridized carbons (Fsp3) is 0.0909. The van der Waals surface area contributed by atoms with Gasteiger partial charge in [0.15, 0.2) is 11.0 Å². The number of aromatic nitrogens is 4. The highest BCUT2D eigenvalue weighted by molar-refractivity contribution is 7.99. The number of rotatable bonds is 7. The van der Waals surface area contributed by atoms with Crippen molar-refractivity contribution in [2.75, 3.05) is 11.1 Å². The summed E-state index contributed by atoms with van der Waals surface area (Å²) in [5.41, 5.74) is 1.72. The first kappa shape index (κ1) is 23.5. The molecule has 0 radical (unpaired) electrons. The van der Waals surface area contributed by atoms with Crippen molar-refractivity contribution < 1.29 is 9.18 Å². The van der Waals surface area contributed by atoms with E-state index in [1.54, 1.807) is 48.8 Å². The van der Waals surface area contributed by atoms with Crippen LogP contribution in [0.4, 0.5) is 10.2 Å². The molecule has 1 amide bonds. The van der Waals surface area contributed by atoms with Crippen molar-refractivity contribution in [2.45, 2.75) is 11.7 Å². The molecular weight excluding hydrogens is 508 g/mol. The summed E-state index contributed by atoms with van der Waals surface area (Å²) in [7, 11) is 0. The van der Waals surface area contributed by atoms with Gasteiger partial charge in [-0.25, -0.2) is 14.4 Å². The Labute approximate surface area is 208 Å². The van der Waals surface area contributed by atoms with Gasteiger partial charge >= 0.3 is 0 Å². The molecule has 0 bridgehead atoms. The molecule has 2 heterocycles. The zero-order valence-electron chi connectivity index (χ0n) is 16.8. The third kappa shape index (κ3) is 6.23. The summed E-state index contributed by atoms with van der Waals surface area (Å²) in [5, 5.41) is 8.69. The third-order valence-electron chi connectivity index (χ3n) is 4.41. The lowest BCUT2D eigenvalue weighted by molar-refractivity contribution is -0.113. The lowest BCUT2D eigenvalue weighted by Crippen LogP contribution is -2.15. The van der Waals surface area contributed by atoms with E-state index in [-0.39, 0.29) is 18.2 Å². The summed E-state index contributed by atoms with van der Waals surface area (Å²) in [6, 6.07) is 13.0. The van der Waals surface area contributed by atoms with Gasteiger partial charge in [-0.1, -0.05) is 52.6 Å². The summed E-state index contributed by atoms with van der Waals surface area (Å²) >= 11 is 19.4. The molecule has 4 rings (SSSR count). The van der Waals surface area contributed by atoms with Crippen LogP contribution in [0.1, 0.15) is 5.56 Å². The number of hydrogen-bond acceptors (Lipinski definition) is 5.